The Morgan fingerprint density at radius 3 is 2.67 bits per heavy atom. The Bertz CT molecular complexity index is 652. The third-order valence-electron chi connectivity index (χ3n) is 3.24. The molecule has 0 spiro atoms. The summed E-state index contributed by atoms with van der Waals surface area (Å²) in [5.41, 5.74) is 0.277. The lowest BCUT2D eigenvalue weighted by Gasteiger charge is -2.21. The first-order valence-corrected chi connectivity index (χ1v) is 6.59. The van der Waals surface area contributed by atoms with Gasteiger partial charge >= 0.3 is 11.9 Å². The molecule has 108 valence electrons. The zero-order valence-corrected chi connectivity index (χ0v) is 11.4. The molecular formula is C14H10ClNO5. The van der Waals surface area contributed by atoms with Gasteiger partial charge in [0, 0.05) is 10.6 Å². The maximum absolute atomic E-state index is 12.0. The molecule has 2 aliphatic heterocycles. The summed E-state index contributed by atoms with van der Waals surface area (Å²) in [4.78, 5) is 35.3. The number of hydrogen-bond acceptors (Lipinski definition) is 5. The summed E-state index contributed by atoms with van der Waals surface area (Å²) in [5, 5.41) is 2.93. The highest BCUT2D eigenvalue weighted by atomic mass is 35.5. The Labute approximate surface area is 124 Å². The summed E-state index contributed by atoms with van der Waals surface area (Å²) in [6.45, 7) is 0.0458. The molecule has 1 aromatic rings. The second-order valence-corrected chi connectivity index (χ2v) is 5.08. The fourth-order valence-corrected chi connectivity index (χ4v) is 2.26. The number of rotatable bonds is 2. The number of cyclic esters (lactones) is 1. The third kappa shape index (κ3) is 2.62. The molecule has 3 rings (SSSR count). The lowest BCUT2D eigenvalue weighted by molar-refractivity contribution is -0.147. The fraction of sp³-hybridized carbons (Fsp3) is 0.214. The van der Waals surface area contributed by atoms with E-state index in [0.717, 1.165) is 0 Å². The molecule has 21 heavy (non-hydrogen) atoms. The van der Waals surface area contributed by atoms with E-state index >= 15 is 0 Å². The number of carbonyl (C=O) groups is 3. The maximum atomic E-state index is 12.0. The first kappa shape index (κ1) is 13.6. The van der Waals surface area contributed by atoms with Crippen LogP contribution >= 0.6 is 11.6 Å². The van der Waals surface area contributed by atoms with E-state index in [0.29, 0.717) is 10.6 Å². The van der Waals surface area contributed by atoms with Crippen molar-refractivity contribution in [3.05, 3.63) is 46.6 Å². The maximum Gasteiger partial charge on any atom is 0.354 e. The van der Waals surface area contributed by atoms with E-state index in [-0.39, 0.29) is 12.3 Å². The van der Waals surface area contributed by atoms with Gasteiger partial charge in [0.25, 0.3) is 5.91 Å². The fourth-order valence-electron chi connectivity index (χ4n) is 2.14. The topological polar surface area (TPSA) is 81.7 Å². The zero-order chi connectivity index (χ0) is 15.0. The summed E-state index contributed by atoms with van der Waals surface area (Å²) in [6, 6.07) is 6.18. The predicted molar refractivity (Wildman–Crippen MR) is 71.3 cm³/mol. The van der Waals surface area contributed by atoms with Gasteiger partial charge in [-0.3, -0.25) is 9.59 Å². The molecule has 2 atom stereocenters. The highest BCUT2D eigenvalue weighted by molar-refractivity contribution is 6.30. The second kappa shape index (κ2) is 5.21. The zero-order valence-electron chi connectivity index (χ0n) is 10.7. The van der Waals surface area contributed by atoms with E-state index in [2.05, 4.69) is 5.32 Å². The Balaban J connectivity index is 1.78. The van der Waals surface area contributed by atoms with Crippen molar-refractivity contribution in [2.45, 2.75) is 6.10 Å². The minimum absolute atomic E-state index is 0.0458. The Morgan fingerprint density at radius 1 is 1.24 bits per heavy atom. The lowest BCUT2D eigenvalue weighted by atomic mass is 10.0. The molecule has 1 amide bonds. The lowest BCUT2D eigenvalue weighted by Crippen LogP contribution is -2.38. The molecule has 1 saturated heterocycles. The highest BCUT2D eigenvalue weighted by Gasteiger charge is 2.42. The number of ether oxygens (including phenoxy) is 2. The van der Waals surface area contributed by atoms with Crippen molar-refractivity contribution in [1.82, 2.24) is 5.32 Å². The quantitative estimate of drug-likeness (QED) is 0.826. The normalized spacial score (nSPS) is 23.8. The molecule has 0 aliphatic carbocycles. The van der Waals surface area contributed by atoms with Crippen molar-refractivity contribution in [1.29, 1.82) is 0 Å². The molecule has 1 fully saturated rings. The van der Waals surface area contributed by atoms with Crippen molar-refractivity contribution in [3.63, 3.8) is 0 Å². The van der Waals surface area contributed by atoms with Gasteiger partial charge < -0.3 is 14.8 Å². The van der Waals surface area contributed by atoms with Crippen LogP contribution in [-0.4, -0.2) is 30.6 Å². The van der Waals surface area contributed by atoms with Crippen LogP contribution in [0.25, 0.3) is 0 Å². The van der Waals surface area contributed by atoms with Gasteiger partial charge in [-0.05, 0) is 30.3 Å². The second-order valence-electron chi connectivity index (χ2n) is 4.64. The van der Waals surface area contributed by atoms with Crippen LogP contribution in [0.2, 0.25) is 5.02 Å². The number of hydrogen-bond donors (Lipinski definition) is 1. The number of benzene rings is 1. The van der Waals surface area contributed by atoms with Gasteiger partial charge in [-0.2, -0.15) is 0 Å². The molecule has 2 aliphatic rings. The SMILES string of the molecule is O=C1OC2COC(=O)C2C=C1NC(=O)c1ccc(Cl)cc1. The summed E-state index contributed by atoms with van der Waals surface area (Å²) < 4.78 is 9.87. The highest BCUT2D eigenvalue weighted by Crippen LogP contribution is 2.26. The van der Waals surface area contributed by atoms with Crippen LogP contribution in [0.5, 0.6) is 0 Å². The first-order chi connectivity index (χ1) is 10.0. The summed E-state index contributed by atoms with van der Waals surface area (Å²) in [5.74, 6) is -2.30. The van der Waals surface area contributed by atoms with Crippen LogP contribution < -0.4 is 5.32 Å². The number of halogens is 1. The van der Waals surface area contributed by atoms with E-state index in [4.69, 9.17) is 21.1 Å². The minimum atomic E-state index is -0.683. The predicted octanol–water partition coefficient (Wildman–Crippen LogP) is 1.05. The number of fused-ring (bicyclic) bond motifs is 1. The van der Waals surface area contributed by atoms with Crippen LogP contribution in [0.1, 0.15) is 10.4 Å². The molecule has 0 radical (unpaired) electrons. The van der Waals surface area contributed by atoms with Crippen LogP contribution in [0, 0.1) is 5.92 Å². The minimum Gasteiger partial charge on any atom is -0.461 e. The monoisotopic (exact) mass is 307 g/mol. The van der Waals surface area contributed by atoms with Crippen molar-refractivity contribution in [3.8, 4) is 0 Å². The first-order valence-electron chi connectivity index (χ1n) is 6.21. The van der Waals surface area contributed by atoms with Crippen molar-refractivity contribution < 1.29 is 23.9 Å². The average Bonchev–Trinajstić information content (AvgIpc) is 2.81. The van der Waals surface area contributed by atoms with Crippen molar-refractivity contribution >= 4 is 29.4 Å². The molecule has 7 heteroatoms. The molecule has 6 nitrogen and oxygen atoms in total. The standard InChI is InChI=1S/C14H10ClNO5/c15-8-3-1-7(2-4-8)12(17)16-10-5-9-11(21-14(10)19)6-20-13(9)18/h1-5,9,11H,6H2,(H,16,17). The van der Waals surface area contributed by atoms with E-state index in [9.17, 15) is 14.4 Å². The smallest absolute Gasteiger partial charge is 0.354 e. The summed E-state index contributed by atoms with van der Waals surface area (Å²) >= 11 is 5.74. The van der Waals surface area contributed by atoms with Gasteiger partial charge in [0.05, 0.1) is 0 Å². The van der Waals surface area contributed by atoms with Gasteiger partial charge in [0.1, 0.15) is 18.2 Å². The van der Waals surface area contributed by atoms with Crippen molar-refractivity contribution in [2.24, 2.45) is 5.92 Å². The van der Waals surface area contributed by atoms with Crippen LogP contribution in [0.15, 0.2) is 36.0 Å². The number of amides is 1. The van der Waals surface area contributed by atoms with E-state index in [1.165, 1.54) is 18.2 Å². The average molecular weight is 308 g/mol. The van der Waals surface area contributed by atoms with Gasteiger partial charge in [0.2, 0.25) is 0 Å². The van der Waals surface area contributed by atoms with Gasteiger partial charge in [-0.25, -0.2) is 4.79 Å². The third-order valence-corrected chi connectivity index (χ3v) is 3.49. The number of carbonyl (C=O) groups excluding carboxylic acids is 3. The summed E-state index contributed by atoms with van der Waals surface area (Å²) in [6.07, 6.45) is 0.765. The molecule has 0 saturated carbocycles. The summed E-state index contributed by atoms with van der Waals surface area (Å²) in [7, 11) is 0. The van der Waals surface area contributed by atoms with Crippen molar-refractivity contribution in [2.75, 3.05) is 6.61 Å². The van der Waals surface area contributed by atoms with E-state index in [1.807, 2.05) is 0 Å². The molecule has 1 aromatic carbocycles. The molecule has 0 aromatic heterocycles. The van der Waals surface area contributed by atoms with Gasteiger partial charge in [0.15, 0.2) is 6.10 Å². The number of nitrogens with one attached hydrogen (secondary N) is 1. The largest absolute Gasteiger partial charge is 0.461 e. The van der Waals surface area contributed by atoms with Gasteiger partial charge in [-0.1, -0.05) is 11.6 Å². The molecule has 2 unspecified atom stereocenters. The Kier molecular flexibility index (Phi) is 3.39. The van der Waals surface area contributed by atoms with Crippen LogP contribution in [0.4, 0.5) is 0 Å². The van der Waals surface area contributed by atoms with E-state index < -0.39 is 29.9 Å². The van der Waals surface area contributed by atoms with E-state index in [1.54, 1.807) is 12.1 Å². The molecule has 1 N–H and O–H groups in total. The van der Waals surface area contributed by atoms with Crippen LogP contribution in [-0.2, 0) is 19.1 Å². The van der Waals surface area contributed by atoms with Gasteiger partial charge in [-0.15, -0.1) is 0 Å². The Morgan fingerprint density at radius 2 is 1.95 bits per heavy atom. The number of esters is 2. The van der Waals surface area contributed by atoms with Crippen LogP contribution in [0.3, 0.4) is 0 Å². The Hall–Kier alpha value is -2.34. The molecule has 2 heterocycles. The molecular weight excluding hydrogens is 298 g/mol. The molecule has 0 bridgehead atoms.